The van der Waals surface area contributed by atoms with E-state index in [0.717, 1.165) is 48.2 Å². The molecular weight excluding hydrogens is 444 g/mol. The Kier molecular flexibility index (Phi) is 6.34. The molecule has 3 aromatic rings. The third kappa shape index (κ3) is 5.10. The molecule has 0 amide bonds. The van der Waals surface area contributed by atoms with Crippen LogP contribution in [-0.2, 0) is 9.47 Å². The number of nitrogens with zero attached hydrogens (tertiary/aromatic N) is 2. The maximum Gasteiger partial charge on any atom is 0.150 e. The van der Waals surface area contributed by atoms with Crippen LogP contribution in [0.3, 0.4) is 0 Å². The van der Waals surface area contributed by atoms with Crippen molar-refractivity contribution in [1.29, 1.82) is 0 Å². The lowest BCUT2D eigenvalue weighted by molar-refractivity contribution is -0.166. The molecule has 0 radical (unpaired) electrons. The van der Waals surface area contributed by atoms with Crippen LogP contribution in [0.25, 0.3) is 16.5 Å². The minimum absolute atomic E-state index is 0.0371. The monoisotopic (exact) mass is 478 g/mol. The summed E-state index contributed by atoms with van der Waals surface area (Å²) in [5, 5.41) is 6.58. The third-order valence-electron chi connectivity index (χ3n) is 6.95. The van der Waals surface area contributed by atoms with Gasteiger partial charge in [-0.3, -0.25) is 0 Å². The summed E-state index contributed by atoms with van der Waals surface area (Å²) in [6, 6.07) is 14.9. The fraction of sp³-hybridized carbons (Fsp3) is 0.483. The maximum atomic E-state index is 6.35. The molecule has 34 heavy (non-hydrogen) atoms. The molecule has 2 aliphatic rings. The third-order valence-corrected chi connectivity index (χ3v) is 7.20. The Bertz CT molecular complexity index is 1170. The van der Waals surface area contributed by atoms with Crippen molar-refractivity contribution in [2.75, 3.05) is 6.61 Å². The Morgan fingerprint density at radius 3 is 2.38 bits per heavy atom. The van der Waals surface area contributed by atoms with E-state index in [9.17, 15) is 0 Å². The van der Waals surface area contributed by atoms with Crippen LogP contribution in [0, 0.1) is 5.92 Å². The van der Waals surface area contributed by atoms with Gasteiger partial charge in [0.25, 0.3) is 0 Å². The van der Waals surface area contributed by atoms with Crippen LogP contribution in [0.5, 0.6) is 0 Å². The predicted octanol–water partition coefficient (Wildman–Crippen LogP) is 7.80. The molecule has 0 saturated carbocycles. The van der Waals surface area contributed by atoms with Crippen molar-refractivity contribution in [3.8, 4) is 0 Å². The Morgan fingerprint density at radius 1 is 1.00 bits per heavy atom. The van der Waals surface area contributed by atoms with Crippen molar-refractivity contribution >= 4 is 28.1 Å². The molecule has 2 saturated heterocycles. The van der Waals surface area contributed by atoms with E-state index in [2.05, 4.69) is 64.1 Å². The second-order valence-electron chi connectivity index (χ2n) is 11.1. The summed E-state index contributed by atoms with van der Waals surface area (Å²) in [7, 11) is 0. The van der Waals surface area contributed by atoms with Gasteiger partial charge in [0.05, 0.1) is 22.9 Å². The zero-order chi connectivity index (χ0) is 23.9. The van der Waals surface area contributed by atoms with Gasteiger partial charge in [-0.15, -0.1) is 0 Å². The minimum atomic E-state index is -0.154. The van der Waals surface area contributed by atoms with E-state index in [4.69, 9.17) is 26.2 Å². The largest absolute Gasteiger partial charge is 0.370 e. The van der Waals surface area contributed by atoms with Crippen LogP contribution >= 0.6 is 11.6 Å². The molecule has 0 aliphatic carbocycles. The molecule has 5 heteroatoms. The first kappa shape index (κ1) is 23.6. The van der Waals surface area contributed by atoms with Gasteiger partial charge in [0.2, 0.25) is 0 Å². The maximum absolute atomic E-state index is 6.35. The average molecular weight is 479 g/mol. The molecule has 0 bridgehead atoms. The molecule has 1 unspecified atom stereocenters. The second-order valence-corrected chi connectivity index (χ2v) is 11.5. The van der Waals surface area contributed by atoms with E-state index in [1.165, 1.54) is 23.1 Å². The zero-order valence-electron chi connectivity index (χ0n) is 20.7. The van der Waals surface area contributed by atoms with E-state index in [1.54, 1.807) is 0 Å². The van der Waals surface area contributed by atoms with Gasteiger partial charge in [0.1, 0.15) is 0 Å². The molecule has 1 atom stereocenters. The van der Waals surface area contributed by atoms with Crippen molar-refractivity contribution in [3.63, 3.8) is 0 Å². The van der Waals surface area contributed by atoms with E-state index >= 15 is 0 Å². The van der Waals surface area contributed by atoms with E-state index < -0.39 is 0 Å². The van der Waals surface area contributed by atoms with Gasteiger partial charge in [-0.25, -0.2) is 4.68 Å². The Hall–Kier alpha value is -2.14. The van der Waals surface area contributed by atoms with Gasteiger partial charge < -0.3 is 9.47 Å². The molecule has 0 N–H and O–H groups in total. The summed E-state index contributed by atoms with van der Waals surface area (Å²) in [5.74, 6) is 0.415. The van der Waals surface area contributed by atoms with Crippen molar-refractivity contribution in [3.05, 3.63) is 70.9 Å². The molecule has 180 valence electrons. The fourth-order valence-electron chi connectivity index (χ4n) is 5.88. The fourth-order valence-corrected chi connectivity index (χ4v) is 6.00. The Balaban J connectivity index is 1.55. The molecule has 2 fully saturated rings. The van der Waals surface area contributed by atoms with Gasteiger partial charge in [0, 0.05) is 17.0 Å². The highest BCUT2D eigenvalue weighted by molar-refractivity contribution is 6.30. The SMILES string of the molecule is CC1(C)CC(C=C(c2ccc(Cl)cc2)c2ccc3c(cnn3C3CCCCO3)c2)CC(C)(C)O1. The first-order valence-corrected chi connectivity index (χ1v) is 12.8. The number of allylic oxidation sites excluding steroid dienone is 1. The van der Waals surface area contributed by atoms with Crippen molar-refractivity contribution in [2.24, 2.45) is 5.92 Å². The van der Waals surface area contributed by atoms with Gasteiger partial charge in [0.15, 0.2) is 6.23 Å². The number of halogens is 1. The van der Waals surface area contributed by atoms with Crippen LogP contribution in [-0.4, -0.2) is 27.6 Å². The van der Waals surface area contributed by atoms with E-state index in [1.807, 2.05) is 23.0 Å². The first-order valence-electron chi connectivity index (χ1n) is 12.5. The number of benzene rings is 2. The zero-order valence-corrected chi connectivity index (χ0v) is 21.4. The standard InChI is InChI=1S/C29H35ClN2O2/c1-28(2)17-20(18-29(3,4)34-28)15-25(21-8-11-24(30)12-9-21)22-10-13-26-23(16-22)19-31-32(26)27-7-5-6-14-33-27/h8-13,15-16,19-20,27H,5-7,14,17-18H2,1-4H3. The van der Waals surface area contributed by atoms with Crippen LogP contribution < -0.4 is 0 Å². The molecule has 2 aliphatic heterocycles. The highest BCUT2D eigenvalue weighted by Gasteiger charge is 2.38. The van der Waals surface area contributed by atoms with Crippen LogP contribution in [0.2, 0.25) is 5.02 Å². The molecule has 5 rings (SSSR count). The Labute approximate surface area is 207 Å². The second kappa shape index (κ2) is 9.14. The number of hydrogen-bond acceptors (Lipinski definition) is 3. The molecule has 2 aromatic carbocycles. The van der Waals surface area contributed by atoms with Crippen LogP contribution in [0.15, 0.2) is 54.7 Å². The van der Waals surface area contributed by atoms with Crippen molar-refractivity contribution in [1.82, 2.24) is 9.78 Å². The average Bonchev–Trinajstić information content (AvgIpc) is 3.20. The number of rotatable bonds is 4. The van der Waals surface area contributed by atoms with Crippen molar-refractivity contribution < 1.29 is 9.47 Å². The van der Waals surface area contributed by atoms with Crippen LogP contribution in [0.4, 0.5) is 0 Å². The van der Waals surface area contributed by atoms with E-state index in [-0.39, 0.29) is 17.4 Å². The van der Waals surface area contributed by atoms with Gasteiger partial charge in [-0.2, -0.15) is 5.10 Å². The first-order chi connectivity index (χ1) is 16.2. The summed E-state index contributed by atoms with van der Waals surface area (Å²) >= 11 is 6.22. The van der Waals surface area contributed by atoms with Gasteiger partial charge in [-0.05, 0) is 107 Å². The number of ether oxygens (including phenoxy) is 2. The van der Waals surface area contributed by atoms with E-state index in [0.29, 0.717) is 5.92 Å². The quantitative estimate of drug-likeness (QED) is 0.383. The highest BCUT2D eigenvalue weighted by Crippen LogP contribution is 2.41. The lowest BCUT2D eigenvalue weighted by atomic mass is 9.79. The number of aromatic nitrogens is 2. The molecule has 3 heterocycles. The minimum Gasteiger partial charge on any atom is -0.370 e. The normalized spacial score (nSPS) is 23.3. The van der Waals surface area contributed by atoms with Crippen LogP contribution in [0.1, 0.15) is 77.2 Å². The topological polar surface area (TPSA) is 36.3 Å². The summed E-state index contributed by atoms with van der Waals surface area (Å²) < 4.78 is 14.4. The number of hydrogen-bond donors (Lipinski definition) is 0. The summed E-state index contributed by atoms with van der Waals surface area (Å²) in [4.78, 5) is 0. The summed E-state index contributed by atoms with van der Waals surface area (Å²) in [6.45, 7) is 9.61. The molecule has 1 aromatic heterocycles. The van der Waals surface area contributed by atoms with Gasteiger partial charge >= 0.3 is 0 Å². The molecular formula is C29H35ClN2O2. The smallest absolute Gasteiger partial charge is 0.150 e. The van der Waals surface area contributed by atoms with Crippen molar-refractivity contribution in [2.45, 2.75) is 77.2 Å². The highest BCUT2D eigenvalue weighted by atomic mass is 35.5. The summed E-state index contributed by atoms with van der Waals surface area (Å²) in [6.07, 6.45) is 9.78. The molecule has 4 nitrogen and oxygen atoms in total. The lowest BCUT2D eigenvalue weighted by Gasteiger charge is -2.45. The lowest BCUT2D eigenvalue weighted by Crippen LogP contribution is -2.44. The Morgan fingerprint density at radius 2 is 1.71 bits per heavy atom. The number of fused-ring (bicyclic) bond motifs is 1. The van der Waals surface area contributed by atoms with Gasteiger partial charge in [-0.1, -0.05) is 35.9 Å². The predicted molar refractivity (Wildman–Crippen MR) is 139 cm³/mol. The summed E-state index contributed by atoms with van der Waals surface area (Å²) in [5.41, 5.74) is 4.42. The molecule has 0 spiro atoms.